The Bertz CT molecular complexity index is 875. The Morgan fingerprint density at radius 1 is 0.929 bits per heavy atom. The number of ketones is 1. The lowest BCUT2D eigenvalue weighted by atomic mass is 10.1. The maximum Gasteiger partial charge on any atom is 0.257 e. The summed E-state index contributed by atoms with van der Waals surface area (Å²) >= 11 is 0. The van der Waals surface area contributed by atoms with E-state index in [1.807, 2.05) is 0 Å². The molecular weight excluding hydrogens is 362 g/mol. The number of ether oxygens (including phenoxy) is 4. The summed E-state index contributed by atoms with van der Waals surface area (Å²) < 4.78 is 21.1. The summed E-state index contributed by atoms with van der Waals surface area (Å²) in [6.45, 7) is -0.113. The van der Waals surface area contributed by atoms with E-state index < -0.39 is 0 Å². The minimum Gasteiger partial charge on any atom is -0.497 e. The Labute approximate surface area is 163 Å². The highest BCUT2D eigenvalue weighted by Gasteiger charge is 2.11. The van der Waals surface area contributed by atoms with Crippen LogP contribution in [0.25, 0.3) is 6.08 Å². The van der Waals surface area contributed by atoms with Crippen molar-refractivity contribution >= 4 is 17.8 Å². The smallest absolute Gasteiger partial charge is 0.257 e. The lowest BCUT2D eigenvalue weighted by Gasteiger charge is -2.10. The Hall–Kier alpha value is -3.48. The molecule has 7 heteroatoms. The van der Waals surface area contributed by atoms with Gasteiger partial charge in [0, 0.05) is 13.1 Å². The van der Waals surface area contributed by atoms with E-state index in [0.29, 0.717) is 28.6 Å². The van der Waals surface area contributed by atoms with Crippen molar-refractivity contribution in [2.45, 2.75) is 0 Å². The molecule has 0 fully saturated rings. The van der Waals surface area contributed by atoms with Crippen LogP contribution in [0.2, 0.25) is 0 Å². The van der Waals surface area contributed by atoms with Crippen LogP contribution in [0.4, 0.5) is 0 Å². The van der Waals surface area contributed by atoms with Crippen LogP contribution in [-0.2, 0) is 4.79 Å². The minimum absolute atomic E-state index is 0.113. The SMILES string of the molecule is CNC(=O)COc1ccc(C=CC(=O)c2ccc(OC)cc2OC)cc1OC. The number of amides is 1. The van der Waals surface area contributed by atoms with E-state index in [2.05, 4.69) is 5.32 Å². The standard InChI is InChI=1S/C21H23NO6/c1-22-21(24)13-28-18-10-6-14(11-20(18)27-4)5-9-17(23)16-8-7-15(25-2)12-19(16)26-3/h5-12H,13H2,1-4H3,(H,22,24). The lowest BCUT2D eigenvalue weighted by molar-refractivity contribution is -0.122. The van der Waals surface area contributed by atoms with Crippen LogP contribution in [0.3, 0.4) is 0 Å². The number of carbonyl (C=O) groups is 2. The lowest BCUT2D eigenvalue weighted by Crippen LogP contribution is -2.24. The molecule has 28 heavy (non-hydrogen) atoms. The van der Waals surface area contributed by atoms with Crippen LogP contribution in [0, 0.1) is 0 Å². The van der Waals surface area contributed by atoms with Crippen LogP contribution in [0.5, 0.6) is 23.0 Å². The molecule has 0 unspecified atom stereocenters. The van der Waals surface area contributed by atoms with Crippen molar-refractivity contribution in [2.24, 2.45) is 0 Å². The van der Waals surface area contributed by atoms with E-state index in [9.17, 15) is 9.59 Å². The van der Waals surface area contributed by atoms with Crippen molar-refractivity contribution in [3.8, 4) is 23.0 Å². The van der Waals surface area contributed by atoms with Gasteiger partial charge >= 0.3 is 0 Å². The van der Waals surface area contributed by atoms with Gasteiger partial charge in [0.05, 0.1) is 26.9 Å². The quantitative estimate of drug-likeness (QED) is 0.528. The molecule has 148 valence electrons. The number of hydrogen-bond donors (Lipinski definition) is 1. The van der Waals surface area contributed by atoms with Gasteiger partial charge in [-0.15, -0.1) is 0 Å². The average Bonchev–Trinajstić information content (AvgIpc) is 2.75. The Morgan fingerprint density at radius 3 is 2.32 bits per heavy atom. The summed E-state index contributed by atoms with van der Waals surface area (Å²) in [4.78, 5) is 23.8. The fourth-order valence-electron chi connectivity index (χ4n) is 2.39. The van der Waals surface area contributed by atoms with Gasteiger partial charge in [0.25, 0.3) is 5.91 Å². The van der Waals surface area contributed by atoms with E-state index in [4.69, 9.17) is 18.9 Å². The zero-order valence-corrected chi connectivity index (χ0v) is 16.3. The number of carbonyl (C=O) groups excluding carboxylic acids is 2. The van der Waals surface area contributed by atoms with Gasteiger partial charge in [0.1, 0.15) is 11.5 Å². The van der Waals surface area contributed by atoms with Crippen molar-refractivity contribution < 1.29 is 28.5 Å². The van der Waals surface area contributed by atoms with E-state index >= 15 is 0 Å². The molecule has 2 aromatic rings. The molecule has 0 bridgehead atoms. The maximum absolute atomic E-state index is 12.5. The Morgan fingerprint density at radius 2 is 1.68 bits per heavy atom. The average molecular weight is 385 g/mol. The van der Waals surface area contributed by atoms with Crippen LogP contribution in [0.1, 0.15) is 15.9 Å². The number of allylic oxidation sites excluding steroid dienone is 1. The zero-order valence-electron chi connectivity index (χ0n) is 16.3. The molecule has 7 nitrogen and oxygen atoms in total. The Balaban J connectivity index is 2.17. The highest BCUT2D eigenvalue weighted by Crippen LogP contribution is 2.29. The first kappa shape index (κ1) is 20.8. The van der Waals surface area contributed by atoms with E-state index in [-0.39, 0.29) is 18.3 Å². The van der Waals surface area contributed by atoms with Crippen LogP contribution >= 0.6 is 0 Å². The van der Waals surface area contributed by atoms with E-state index in [0.717, 1.165) is 5.56 Å². The summed E-state index contributed by atoms with van der Waals surface area (Å²) in [6.07, 6.45) is 3.11. The summed E-state index contributed by atoms with van der Waals surface area (Å²) in [5.74, 6) is 1.48. The number of rotatable bonds is 9. The molecule has 0 radical (unpaired) electrons. The molecule has 0 heterocycles. The summed E-state index contributed by atoms with van der Waals surface area (Å²) in [5, 5.41) is 2.48. The van der Waals surface area contributed by atoms with E-state index in [1.165, 1.54) is 27.3 Å². The first-order chi connectivity index (χ1) is 13.5. The summed E-state index contributed by atoms with van der Waals surface area (Å²) in [5.41, 5.74) is 1.17. The molecule has 0 atom stereocenters. The maximum atomic E-state index is 12.5. The molecule has 1 amide bonds. The third-order valence-corrected chi connectivity index (χ3v) is 3.93. The Kier molecular flexibility index (Phi) is 7.45. The van der Waals surface area contributed by atoms with Gasteiger partial charge in [-0.2, -0.15) is 0 Å². The van der Waals surface area contributed by atoms with Gasteiger partial charge in [0.15, 0.2) is 23.9 Å². The second kappa shape index (κ2) is 10.0. The molecular formula is C21H23NO6. The summed E-state index contributed by atoms with van der Waals surface area (Å²) in [7, 11) is 6.08. The predicted octanol–water partition coefficient (Wildman–Crippen LogP) is 2.73. The zero-order chi connectivity index (χ0) is 20.5. The van der Waals surface area contributed by atoms with Gasteiger partial charge in [-0.1, -0.05) is 12.1 Å². The molecule has 0 aliphatic carbocycles. The fourth-order valence-corrected chi connectivity index (χ4v) is 2.39. The van der Waals surface area contributed by atoms with Crippen LogP contribution in [-0.4, -0.2) is 46.7 Å². The van der Waals surface area contributed by atoms with E-state index in [1.54, 1.807) is 49.6 Å². The van der Waals surface area contributed by atoms with Crippen LogP contribution < -0.4 is 24.3 Å². The second-order valence-electron chi connectivity index (χ2n) is 5.64. The molecule has 2 aromatic carbocycles. The predicted molar refractivity (Wildman–Crippen MR) is 105 cm³/mol. The molecule has 0 aliphatic rings. The second-order valence-corrected chi connectivity index (χ2v) is 5.64. The first-order valence-electron chi connectivity index (χ1n) is 8.48. The molecule has 2 rings (SSSR count). The van der Waals surface area contributed by atoms with Gasteiger partial charge in [0.2, 0.25) is 0 Å². The van der Waals surface area contributed by atoms with Crippen molar-refractivity contribution in [2.75, 3.05) is 35.0 Å². The fraction of sp³-hybridized carbons (Fsp3) is 0.238. The normalized spacial score (nSPS) is 10.4. The van der Waals surface area contributed by atoms with Gasteiger partial charge < -0.3 is 24.3 Å². The third kappa shape index (κ3) is 5.26. The molecule has 0 saturated heterocycles. The van der Waals surface area contributed by atoms with Crippen LogP contribution in [0.15, 0.2) is 42.5 Å². The molecule has 0 spiro atoms. The van der Waals surface area contributed by atoms with Gasteiger partial charge in [-0.05, 0) is 35.9 Å². The highest BCUT2D eigenvalue weighted by atomic mass is 16.5. The number of methoxy groups -OCH3 is 3. The minimum atomic E-state index is -0.245. The molecule has 0 saturated carbocycles. The largest absolute Gasteiger partial charge is 0.497 e. The molecule has 0 aliphatic heterocycles. The number of hydrogen-bond acceptors (Lipinski definition) is 6. The number of likely N-dealkylation sites (N-methyl/N-ethyl adjacent to an activating group) is 1. The summed E-state index contributed by atoms with van der Waals surface area (Å²) in [6, 6.07) is 10.2. The molecule has 0 aromatic heterocycles. The van der Waals surface area contributed by atoms with Crippen molar-refractivity contribution in [1.29, 1.82) is 0 Å². The monoisotopic (exact) mass is 385 g/mol. The topological polar surface area (TPSA) is 83.1 Å². The van der Waals surface area contributed by atoms with Crippen molar-refractivity contribution in [3.05, 3.63) is 53.6 Å². The van der Waals surface area contributed by atoms with Crippen molar-refractivity contribution in [1.82, 2.24) is 5.32 Å². The highest BCUT2D eigenvalue weighted by molar-refractivity contribution is 6.08. The van der Waals surface area contributed by atoms with Crippen molar-refractivity contribution in [3.63, 3.8) is 0 Å². The third-order valence-electron chi connectivity index (χ3n) is 3.93. The van der Waals surface area contributed by atoms with Gasteiger partial charge in [-0.3, -0.25) is 9.59 Å². The molecule has 1 N–H and O–H groups in total. The first-order valence-corrected chi connectivity index (χ1v) is 8.48. The number of nitrogens with one attached hydrogen (secondary N) is 1. The number of benzene rings is 2. The van der Waals surface area contributed by atoms with Gasteiger partial charge in [-0.25, -0.2) is 0 Å².